The summed E-state index contributed by atoms with van der Waals surface area (Å²) in [7, 11) is 0. The van der Waals surface area contributed by atoms with Crippen molar-refractivity contribution < 1.29 is 4.74 Å². The Bertz CT molecular complexity index is 603. The number of aromatic amines is 1. The maximum atomic E-state index is 5.65. The topological polar surface area (TPSA) is 41.1 Å². The molecule has 4 nitrogen and oxygen atoms in total. The maximum Gasteiger partial charge on any atom is 0.119 e. The van der Waals surface area contributed by atoms with Gasteiger partial charge in [0.15, 0.2) is 0 Å². The van der Waals surface area contributed by atoms with E-state index < -0.39 is 0 Å². The summed E-state index contributed by atoms with van der Waals surface area (Å²) in [5.74, 6) is 0.933. The monoisotopic (exact) mass is 299 g/mol. The standard InChI is InChI=1S/C18H25N3O/c1-3-10-21-11-9-17-16(13-21)18(20-19-17)14-5-7-15(8-6-14)22-12-4-2/h5-8H,3-4,9-13H2,1-2H3,(H,19,20). The summed E-state index contributed by atoms with van der Waals surface area (Å²) in [5.41, 5.74) is 4.92. The van der Waals surface area contributed by atoms with Crippen LogP contribution in [0.1, 0.15) is 37.9 Å². The van der Waals surface area contributed by atoms with Crippen molar-refractivity contribution in [3.05, 3.63) is 35.5 Å². The van der Waals surface area contributed by atoms with E-state index in [0.29, 0.717) is 0 Å². The van der Waals surface area contributed by atoms with Crippen molar-refractivity contribution in [3.8, 4) is 17.0 Å². The fourth-order valence-corrected chi connectivity index (χ4v) is 3.03. The number of nitrogens with one attached hydrogen (secondary N) is 1. The molecule has 0 fully saturated rings. The number of aromatic nitrogens is 2. The molecular weight excluding hydrogens is 274 g/mol. The number of rotatable bonds is 6. The van der Waals surface area contributed by atoms with Gasteiger partial charge in [-0.2, -0.15) is 5.10 Å². The minimum atomic E-state index is 0.767. The van der Waals surface area contributed by atoms with Crippen LogP contribution in [0.3, 0.4) is 0 Å². The lowest BCUT2D eigenvalue weighted by atomic mass is 10.0. The van der Waals surface area contributed by atoms with E-state index in [9.17, 15) is 0 Å². The van der Waals surface area contributed by atoms with Crippen molar-refractivity contribution in [2.75, 3.05) is 19.7 Å². The van der Waals surface area contributed by atoms with E-state index in [1.807, 2.05) is 12.1 Å². The summed E-state index contributed by atoms with van der Waals surface area (Å²) in [6, 6.07) is 8.30. The Balaban J connectivity index is 1.79. The van der Waals surface area contributed by atoms with Gasteiger partial charge in [0.05, 0.1) is 12.3 Å². The Morgan fingerprint density at radius 3 is 2.73 bits per heavy atom. The zero-order valence-electron chi connectivity index (χ0n) is 13.6. The molecule has 1 aliphatic rings. The zero-order chi connectivity index (χ0) is 15.4. The van der Waals surface area contributed by atoms with E-state index in [2.05, 4.69) is 41.1 Å². The van der Waals surface area contributed by atoms with Gasteiger partial charge in [0.1, 0.15) is 5.75 Å². The van der Waals surface area contributed by atoms with Crippen LogP contribution in [0.5, 0.6) is 5.75 Å². The van der Waals surface area contributed by atoms with Gasteiger partial charge in [-0.25, -0.2) is 0 Å². The van der Waals surface area contributed by atoms with E-state index in [-0.39, 0.29) is 0 Å². The minimum Gasteiger partial charge on any atom is -0.494 e. The van der Waals surface area contributed by atoms with Crippen LogP contribution in [0.25, 0.3) is 11.3 Å². The summed E-state index contributed by atoms with van der Waals surface area (Å²) >= 11 is 0. The molecule has 2 aromatic rings. The second kappa shape index (κ2) is 6.97. The van der Waals surface area contributed by atoms with Crippen LogP contribution >= 0.6 is 0 Å². The molecule has 2 heterocycles. The molecule has 0 unspecified atom stereocenters. The van der Waals surface area contributed by atoms with Crippen molar-refractivity contribution in [2.24, 2.45) is 0 Å². The highest BCUT2D eigenvalue weighted by Crippen LogP contribution is 2.29. The Morgan fingerprint density at radius 2 is 2.00 bits per heavy atom. The third-order valence-electron chi connectivity index (χ3n) is 4.15. The Kier molecular flexibility index (Phi) is 4.78. The molecule has 0 spiro atoms. The number of nitrogens with zero attached hydrogens (tertiary/aromatic N) is 2. The first-order chi connectivity index (χ1) is 10.8. The Labute approximate surface area is 132 Å². The van der Waals surface area contributed by atoms with Gasteiger partial charge in [0, 0.05) is 36.3 Å². The van der Waals surface area contributed by atoms with Crippen molar-refractivity contribution >= 4 is 0 Å². The average molecular weight is 299 g/mol. The van der Waals surface area contributed by atoms with Gasteiger partial charge in [0.25, 0.3) is 0 Å². The van der Waals surface area contributed by atoms with E-state index in [0.717, 1.165) is 50.5 Å². The molecule has 1 aliphatic heterocycles. The fourth-order valence-electron chi connectivity index (χ4n) is 3.03. The second-order valence-electron chi connectivity index (χ2n) is 5.93. The lowest BCUT2D eigenvalue weighted by Gasteiger charge is -2.26. The molecule has 0 bridgehead atoms. The normalized spacial score (nSPS) is 14.8. The molecule has 1 N–H and O–H groups in total. The van der Waals surface area contributed by atoms with Gasteiger partial charge in [-0.3, -0.25) is 10.00 Å². The van der Waals surface area contributed by atoms with E-state index in [4.69, 9.17) is 4.74 Å². The van der Waals surface area contributed by atoms with Crippen molar-refractivity contribution in [3.63, 3.8) is 0 Å². The molecule has 22 heavy (non-hydrogen) atoms. The second-order valence-corrected chi connectivity index (χ2v) is 5.93. The summed E-state index contributed by atoms with van der Waals surface area (Å²) in [4.78, 5) is 2.51. The van der Waals surface area contributed by atoms with Gasteiger partial charge >= 0.3 is 0 Å². The third kappa shape index (κ3) is 3.17. The van der Waals surface area contributed by atoms with E-state index in [1.54, 1.807) is 0 Å². The molecule has 1 aromatic carbocycles. The van der Waals surface area contributed by atoms with Crippen LogP contribution in [0.2, 0.25) is 0 Å². The van der Waals surface area contributed by atoms with Crippen LogP contribution < -0.4 is 4.74 Å². The largest absolute Gasteiger partial charge is 0.494 e. The molecule has 0 amide bonds. The predicted molar refractivity (Wildman–Crippen MR) is 89.1 cm³/mol. The number of hydrogen-bond donors (Lipinski definition) is 1. The molecule has 4 heteroatoms. The average Bonchev–Trinajstić information content (AvgIpc) is 2.97. The highest BCUT2D eigenvalue weighted by molar-refractivity contribution is 5.65. The first kappa shape index (κ1) is 15.1. The van der Waals surface area contributed by atoms with Crippen LogP contribution in [0.15, 0.2) is 24.3 Å². The highest BCUT2D eigenvalue weighted by Gasteiger charge is 2.22. The number of fused-ring (bicyclic) bond motifs is 1. The summed E-state index contributed by atoms with van der Waals surface area (Å²) in [6.07, 6.45) is 3.30. The number of hydrogen-bond acceptors (Lipinski definition) is 3. The first-order valence-electron chi connectivity index (χ1n) is 8.33. The van der Waals surface area contributed by atoms with Gasteiger partial charge in [-0.1, -0.05) is 13.8 Å². The van der Waals surface area contributed by atoms with Gasteiger partial charge in [0.2, 0.25) is 0 Å². The quantitative estimate of drug-likeness (QED) is 0.885. The van der Waals surface area contributed by atoms with Crippen LogP contribution in [0, 0.1) is 0 Å². The molecule has 0 radical (unpaired) electrons. The molecule has 3 rings (SSSR count). The lowest BCUT2D eigenvalue weighted by Crippen LogP contribution is -2.31. The van der Waals surface area contributed by atoms with Crippen LogP contribution in [0.4, 0.5) is 0 Å². The van der Waals surface area contributed by atoms with Gasteiger partial charge < -0.3 is 4.74 Å². The molecule has 0 atom stereocenters. The first-order valence-corrected chi connectivity index (χ1v) is 8.33. The Hall–Kier alpha value is -1.81. The fraction of sp³-hybridized carbons (Fsp3) is 0.500. The summed E-state index contributed by atoms with van der Waals surface area (Å²) in [5, 5.41) is 7.79. The molecule has 0 saturated heterocycles. The van der Waals surface area contributed by atoms with Crippen LogP contribution in [-0.2, 0) is 13.0 Å². The number of H-pyrrole nitrogens is 1. The summed E-state index contributed by atoms with van der Waals surface area (Å²) in [6.45, 7) is 8.42. The van der Waals surface area contributed by atoms with Crippen molar-refractivity contribution in [1.82, 2.24) is 15.1 Å². The third-order valence-corrected chi connectivity index (χ3v) is 4.15. The molecule has 1 aromatic heterocycles. The van der Waals surface area contributed by atoms with Gasteiger partial charge in [-0.05, 0) is 43.7 Å². The summed E-state index contributed by atoms with van der Waals surface area (Å²) < 4.78 is 5.65. The molecule has 0 aliphatic carbocycles. The number of benzene rings is 1. The lowest BCUT2D eigenvalue weighted by molar-refractivity contribution is 0.254. The Morgan fingerprint density at radius 1 is 1.18 bits per heavy atom. The highest BCUT2D eigenvalue weighted by atomic mass is 16.5. The zero-order valence-corrected chi connectivity index (χ0v) is 13.6. The molecule has 118 valence electrons. The minimum absolute atomic E-state index is 0.767. The van der Waals surface area contributed by atoms with E-state index >= 15 is 0 Å². The molecular formula is C18H25N3O. The molecule has 0 saturated carbocycles. The van der Waals surface area contributed by atoms with Crippen LogP contribution in [-0.4, -0.2) is 34.8 Å². The predicted octanol–water partition coefficient (Wildman–Crippen LogP) is 3.63. The maximum absolute atomic E-state index is 5.65. The van der Waals surface area contributed by atoms with E-state index in [1.165, 1.54) is 23.2 Å². The van der Waals surface area contributed by atoms with Gasteiger partial charge in [-0.15, -0.1) is 0 Å². The van der Waals surface area contributed by atoms with Crippen molar-refractivity contribution in [2.45, 2.75) is 39.7 Å². The SMILES string of the molecule is CCCOc1ccc(-c2n[nH]c3c2CN(CCC)CC3)cc1. The number of ether oxygens (including phenoxy) is 1. The van der Waals surface area contributed by atoms with Crippen molar-refractivity contribution in [1.29, 1.82) is 0 Å². The smallest absolute Gasteiger partial charge is 0.119 e.